The molecular weight excluding hydrogens is 321 g/mol. The molecule has 1 fully saturated rings. The molecule has 9 heteroatoms. The molecule has 0 saturated carbocycles. The second-order valence-corrected chi connectivity index (χ2v) is 7.10. The predicted molar refractivity (Wildman–Crippen MR) is 78.1 cm³/mol. The van der Waals surface area contributed by atoms with E-state index in [1.807, 2.05) is 4.90 Å². The molecule has 3 N–H and O–H groups in total. The van der Waals surface area contributed by atoms with Crippen LogP contribution in [0.15, 0.2) is 17.0 Å². The monoisotopic (exact) mass is 337 g/mol. The molecule has 2 rings (SSSR count). The molecule has 0 radical (unpaired) electrons. The third kappa shape index (κ3) is 3.46. The van der Waals surface area contributed by atoms with Crippen molar-refractivity contribution >= 4 is 27.3 Å². The summed E-state index contributed by atoms with van der Waals surface area (Å²) in [6, 6.07) is 2.26. The number of nitrogen functional groups attached to an aromatic ring is 1. The van der Waals surface area contributed by atoms with Crippen LogP contribution in [0.5, 0.6) is 0 Å². The minimum atomic E-state index is -3.97. The van der Waals surface area contributed by atoms with Crippen LogP contribution in [-0.4, -0.2) is 62.1 Å². The van der Waals surface area contributed by atoms with Crippen molar-refractivity contribution in [3.05, 3.63) is 23.0 Å². The predicted octanol–water partition coefficient (Wildman–Crippen LogP) is 0.360. The van der Waals surface area contributed by atoms with Gasteiger partial charge in [-0.3, -0.25) is 4.90 Å². The summed E-state index contributed by atoms with van der Waals surface area (Å²) in [6.07, 6.45) is 0. The van der Waals surface area contributed by atoms with Crippen LogP contribution >= 0.6 is 11.6 Å². The number of piperazine rings is 1. The number of β-amino-alcohol motifs (C(OH)–C–C–N with tert-alkyl or cyclic N) is 1. The van der Waals surface area contributed by atoms with Crippen LogP contribution in [0.4, 0.5) is 10.1 Å². The highest BCUT2D eigenvalue weighted by molar-refractivity contribution is 7.89. The number of aliphatic hydroxyl groups is 1. The first-order valence-corrected chi connectivity index (χ1v) is 8.26. The Balaban J connectivity index is 2.24. The van der Waals surface area contributed by atoms with E-state index in [0.717, 1.165) is 6.07 Å². The highest BCUT2D eigenvalue weighted by Gasteiger charge is 2.31. The molecule has 1 aromatic rings. The second kappa shape index (κ2) is 6.45. The Morgan fingerprint density at radius 3 is 2.48 bits per heavy atom. The number of hydrogen-bond acceptors (Lipinski definition) is 5. The third-order valence-electron chi connectivity index (χ3n) is 3.38. The molecule has 0 amide bonds. The van der Waals surface area contributed by atoms with Crippen LogP contribution in [0, 0.1) is 5.82 Å². The van der Waals surface area contributed by atoms with E-state index in [2.05, 4.69) is 0 Å². The molecule has 0 unspecified atom stereocenters. The van der Waals surface area contributed by atoms with Crippen molar-refractivity contribution < 1.29 is 17.9 Å². The molecule has 0 aromatic heterocycles. The summed E-state index contributed by atoms with van der Waals surface area (Å²) < 4.78 is 40.2. The van der Waals surface area contributed by atoms with Crippen LogP contribution in [0.2, 0.25) is 5.02 Å². The fourth-order valence-corrected chi connectivity index (χ4v) is 4.07. The van der Waals surface area contributed by atoms with Gasteiger partial charge in [0, 0.05) is 38.4 Å². The van der Waals surface area contributed by atoms with Gasteiger partial charge in [0.05, 0.1) is 11.6 Å². The van der Waals surface area contributed by atoms with Gasteiger partial charge in [0.15, 0.2) is 5.82 Å². The van der Waals surface area contributed by atoms with E-state index in [9.17, 15) is 12.8 Å². The number of hydrogen-bond donors (Lipinski definition) is 2. The van der Waals surface area contributed by atoms with E-state index in [4.69, 9.17) is 22.4 Å². The smallest absolute Gasteiger partial charge is 0.246 e. The minimum absolute atomic E-state index is 0.0200. The number of rotatable bonds is 4. The van der Waals surface area contributed by atoms with Gasteiger partial charge in [-0.2, -0.15) is 4.31 Å². The first kappa shape index (κ1) is 16.4. The molecular formula is C12H17ClFN3O3S. The standard InChI is InChI=1S/C12H17ClFN3O3S/c13-10-7-9(15)8-11(12(10)14)21(19,20)17-3-1-16(2-4-17)5-6-18/h7-8,18H,1-6,15H2. The van der Waals surface area contributed by atoms with E-state index < -0.39 is 20.7 Å². The molecule has 1 aliphatic heterocycles. The van der Waals surface area contributed by atoms with Gasteiger partial charge in [-0.25, -0.2) is 12.8 Å². The van der Waals surface area contributed by atoms with Crippen molar-refractivity contribution in [2.75, 3.05) is 45.1 Å². The van der Waals surface area contributed by atoms with E-state index in [-0.39, 0.29) is 30.4 Å². The Hall–Kier alpha value is -0.930. The summed E-state index contributed by atoms with van der Waals surface area (Å²) >= 11 is 5.65. The number of halogens is 2. The van der Waals surface area contributed by atoms with E-state index in [1.165, 1.54) is 10.4 Å². The van der Waals surface area contributed by atoms with Crippen molar-refractivity contribution in [3.63, 3.8) is 0 Å². The molecule has 1 saturated heterocycles. The average Bonchev–Trinajstić information content (AvgIpc) is 2.43. The Morgan fingerprint density at radius 1 is 1.29 bits per heavy atom. The number of aliphatic hydroxyl groups excluding tert-OH is 1. The van der Waals surface area contributed by atoms with Crippen LogP contribution in [-0.2, 0) is 10.0 Å². The van der Waals surface area contributed by atoms with Gasteiger partial charge in [0.2, 0.25) is 10.0 Å². The number of nitrogens with zero attached hydrogens (tertiary/aromatic N) is 2. The normalized spacial score (nSPS) is 18.0. The van der Waals surface area contributed by atoms with Crippen molar-refractivity contribution in [2.24, 2.45) is 0 Å². The molecule has 1 aliphatic rings. The topological polar surface area (TPSA) is 86.9 Å². The quantitative estimate of drug-likeness (QED) is 0.775. The molecule has 0 aliphatic carbocycles. The van der Waals surface area contributed by atoms with Gasteiger partial charge >= 0.3 is 0 Å². The summed E-state index contributed by atoms with van der Waals surface area (Å²) in [4.78, 5) is 1.44. The van der Waals surface area contributed by atoms with Crippen LogP contribution < -0.4 is 5.73 Å². The number of anilines is 1. The van der Waals surface area contributed by atoms with Gasteiger partial charge in [0.25, 0.3) is 0 Å². The zero-order valence-electron chi connectivity index (χ0n) is 11.3. The van der Waals surface area contributed by atoms with E-state index in [0.29, 0.717) is 19.6 Å². The van der Waals surface area contributed by atoms with Crippen molar-refractivity contribution in [2.45, 2.75) is 4.90 Å². The SMILES string of the molecule is Nc1cc(Cl)c(F)c(S(=O)(=O)N2CCN(CCO)CC2)c1. The highest BCUT2D eigenvalue weighted by atomic mass is 35.5. The maximum absolute atomic E-state index is 14.0. The maximum atomic E-state index is 14.0. The van der Waals surface area contributed by atoms with Gasteiger partial charge < -0.3 is 10.8 Å². The fourth-order valence-electron chi connectivity index (χ4n) is 2.25. The molecule has 1 heterocycles. The van der Waals surface area contributed by atoms with Crippen molar-refractivity contribution in [1.82, 2.24) is 9.21 Å². The van der Waals surface area contributed by atoms with Gasteiger partial charge in [-0.1, -0.05) is 11.6 Å². The summed E-state index contributed by atoms with van der Waals surface area (Å²) in [5.41, 5.74) is 5.64. The third-order valence-corrected chi connectivity index (χ3v) is 5.56. The number of nitrogens with two attached hydrogens (primary N) is 1. The molecule has 1 aromatic carbocycles. The van der Waals surface area contributed by atoms with E-state index >= 15 is 0 Å². The summed E-state index contributed by atoms with van der Waals surface area (Å²) in [6.45, 7) is 1.94. The molecule has 21 heavy (non-hydrogen) atoms. The average molecular weight is 338 g/mol. The largest absolute Gasteiger partial charge is 0.399 e. The van der Waals surface area contributed by atoms with Gasteiger partial charge in [0.1, 0.15) is 4.90 Å². The van der Waals surface area contributed by atoms with Crippen molar-refractivity contribution in [1.29, 1.82) is 0 Å². The molecule has 0 atom stereocenters. The number of benzene rings is 1. The summed E-state index contributed by atoms with van der Waals surface area (Å²) in [5.74, 6) is -0.983. The molecule has 0 bridgehead atoms. The summed E-state index contributed by atoms with van der Waals surface area (Å²) in [7, 11) is -3.97. The zero-order valence-corrected chi connectivity index (χ0v) is 12.9. The molecule has 6 nitrogen and oxygen atoms in total. The van der Waals surface area contributed by atoms with Gasteiger partial charge in [-0.05, 0) is 12.1 Å². The lowest BCUT2D eigenvalue weighted by Gasteiger charge is -2.33. The lowest BCUT2D eigenvalue weighted by molar-refractivity contribution is 0.151. The van der Waals surface area contributed by atoms with Crippen molar-refractivity contribution in [3.8, 4) is 0 Å². The highest BCUT2D eigenvalue weighted by Crippen LogP contribution is 2.28. The zero-order chi connectivity index (χ0) is 15.6. The Kier molecular flexibility index (Phi) is 5.05. The Morgan fingerprint density at radius 2 is 1.90 bits per heavy atom. The summed E-state index contributed by atoms with van der Waals surface area (Å²) in [5, 5.41) is 8.56. The molecule has 0 spiro atoms. The van der Waals surface area contributed by atoms with Crippen LogP contribution in [0.1, 0.15) is 0 Å². The first-order chi connectivity index (χ1) is 9.86. The number of sulfonamides is 1. The Labute approximate surface area is 127 Å². The lowest BCUT2D eigenvalue weighted by atomic mass is 10.3. The maximum Gasteiger partial charge on any atom is 0.246 e. The first-order valence-electron chi connectivity index (χ1n) is 6.44. The fraction of sp³-hybridized carbons (Fsp3) is 0.500. The second-order valence-electron chi connectivity index (χ2n) is 4.78. The van der Waals surface area contributed by atoms with Gasteiger partial charge in [-0.15, -0.1) is 0 Å². The Bertz CT molecular complexity index is 618. The minimum Gasteiger partial charge on any atom is -0.399 e. The molecule has 118 valence electrons. The lowest BCUT2D eigenvalue weighted by Crippen LogP contribution is -2.49. The van der Waals surface area contributed by atoms with Crippen LogP contribution in [0.3, 0.4) is 0 Å². The van der Waals surface area contributed by atoms with E-state index in [1.54, 1.807) is 0 Å². The van der Waals surface area contributed by atoms with Crippen LogP contribution in [0.25, 0.3) is 0 Å².